The van der Waals surface area contributed by atoms with E-state index in [-0.39, 0.29) is 12.6 Å². The monoisotopic (exact) mass is 564 g/mol. The third-order valence-electron chi connectivity index (χ3n) is 6.88. The number of urea groups is 1. The Kier molecular flexibility index (Phi) is 6.95. The summed E-state index contributed by atoms with van der Waals surface area (Å²) in [5, 5.41) is 12.4. The summed E-state index contributed by atoms with van der Waals surface area (Å²) >= 11 is 1.30. The van der Waals surface area contributed by atoms with Gasteiger partial charge < -0.3 is 19.5 Å². The predicted molar refractivity (Wildman–Crippen MR) is 152 cm³/mol. The van der Waals surface area contributed by atoms with E-state index in [0.29, 0.717) is 39.2 Å². The molecule has 0 saturated carbocycles. The van der Waals surface area contributed by atoms with Crippen LogP contribution >= 0.6 is 11.8 Å². The maximum Gasteiger partial charge on any atom is 0.327 e. The second-order valence-corrected chi connectivity index (χ2v) is 10.6. The van der Waals surface area contributed by atoms with Crippen LogP contribution in [0.5, 0.6) is 17.2 Å². The van der Waals surface area contributed by atoms with E-state index in [2.05, 4.69) is 16.4 Å². The number of aryl methyl sites for hydroxylation is 1. The van der Waals surface area contributed by atoms with Crippen molar-refractivity contribution in [2.45, 2.75) is 29.8 Å². The molecule has 2 unspecified atom stereocenters. The highest BCUT2D eigenvalue weighted by atomic mass is 32.2. The van der Waals surface area contributed by atoms with Crippen LogP contribution < -0.4 is 19.7 Å². The molecule has 0 bridgehead atoms. The van der Waals surface area contributed by atoms with E-state index in [0.717, 1.165) is 16.7 Å². The fourth-order valence-corrected chi connectivity index (χ4v) is 6.24. The molecular weight excluding hydrogens is 540 g/mol. The summed E-state index contributed by atoms with van der Waals surface area (Å²) in [7, 11) is 1.34. The van der Waals surface area contributed by atoms with Crippen molar-refractivity contribution in [3.63, 3.8) is 0 Å². The second-order valence-electron chi connectivity index (χ2n) is 9.47. The van der Waals surface area contributed by atoms with Gasteiger partial charge in [-0.2, -0.15) is 5.26 Å². The Labute approximate surface area is 240 Å². The number of carbonyl (C=O) groups excluding carboxylic acids is 2. The molecule has 0 saturated heterocycles. The molecule has 4 aromatic rings. The standard InChI is InChI=1S/C31H24N4O5S/c1-18-14-22(40-21-8-5-6-19(15-21)17-39-25-9-4-3-7-20(25)16-32)10-11-23(18)35-24-12-13-33-29-26(24)27(34-31(35)37)28(41-29)30(36)38-2/h3-15,27-28H,17H2,1-2H3,(H,34,37). The summed E-state index contributed by atoms with van der Waals surface area (Å²) in [6.07, 6.45) is 1.64. The molecule has 6 rings (SSSR count). The average Bonchev–Trinajstić information content (AvgIpc) is 3.36. The van der Waals surface area contributed by atoms with Gasteiger partial charge in [-0.25, -0.2) is 9.78 Å². The molecule has 1 aromatic heterocycles. The molecule has 0 radical (unpaired) electrons. The molecule has 2 atom stereocenters. The average molecular weight is 565 g/mol. The van der Waals surface area contributed by atoms with Crippen molar-refractivity contribution in [2.24, 2.45) is 0 Å². The van der Waals surface area contributed by atoms with Gasteiger partial charge in [0, 0.05) is 11.8 Å². The van der Waals surface area contributed by atoms with Crippen LogP contribution in [0.3, 0.4) is 0 Å². The van der Waals surface area contributed by atoms with E-state index in [9.17, 15) is 14.9 Å². The lowest BCUT2D eigenvalue weighted by Crippen LogP contribution is -2.47. The van der Waals surface area contributed by atoms with E-state index < -0.39 is 17.3 Å². The van der Waals surface area contributed by atoms with Gasteiger partial charge in [-0.05, 0) is 66.6 Å². The second kappa shape index (κ2) is 10.9. The Morgan fingerprint density at radius 2 is 1.90 bits per heavy atom. The first-order valence-corrected chi connectivity index (χ1v) is 13.7. The van der Waals surface area contributed by atoms with Crippen molar-refractivity contribution < 1.29 is 23.8 Å². The van der Waals surface area contributed by atoms with E-state index >= 15 is 0 Å². The Morgan fingerprint density at radius 3 is 2.71 bits per heavy atom. The summed E-state index contributed by atoms with van der Waals surface area (Å²) in [5.74, 6) is 1.36. The number of nitrogens with zero attached hydrogens (tertiary/aromatic N) is 3. The highest BCUT2D eigenvalue weighted by molar-refractivity contribution is 8.01. The molecule has 41 heavy (non-hydrogen) atoms. The van der Waals surface area contributed by atoms with Crippen molar-refractivity contribution >= 4 is 35.1 Å². The van der Waals surface area contributed by atoms with Crippen LogP contribution in [0.2, 0.25) is 0 Å². The van der Waals surface area contributed by atoms with Crippen LogP contribution in [0.1, 0.15) is 28.3 Å². The van der Waals surface area contributed by atoms with E-state index in [1.165, 1.54) is 18.9 Å². The van der Waals surface area contributed by atoms with Gasteiger partial charge in [0.05, 0.1) is 30.1 Å². The lowest BCUT2D eigenvalue weighted by molar-refractivity contribution is -0.140. The Balaban J connectivity index is 1.21. The topological polar surface area (TPSA) is 114 Å². The number of pyridine rings is 1. The van der Waals surface area contributed by atoms with Gasteiger partial charge in [-0.15, -0.1) is 0 Å². The van der Waals surface area contributed by atoms with E-state index in [1.54, 1.807) is 35.4 Å². The Bertz CT molecular complexity index is 1720. The molecule has 10 heteroatoms. The number of methoxy groups -OCH3 is 1. The van der Waals surface area contributed by atoms with Crippen molar-refractivity contribution in [1.82, 2.24) is 10.3 Å². The van der Waals surface area contributed by atoms with Gasteiger partial charge in [0.1, 0.15) is 40.2 Å². The zero-order valence-electron chi connectivity index (χ0n) is 22.2. The summed E-state index contributed by atoms with van der Waals surface area (Å²) in [6, 6.07) is 23.2. The van der Waals surface area contributed by atoms with Crippen molar-refractivity contribution in [3.8, 4) is 23.3 Å². The normalized spacial score (nSPS) is 16.8. The number of hydrogen-bond donors (Lipinski definition) is 1. The summed E-state index contributed by atoms with van der Waals surface area (Å²) in [4.78, 5) is 31.8. The minimum Gasteiger partial charge on any atom is -0.488 e. The highest BCUT2D eigenvalue weighted by Crippen LogP contribution is 2.51. The third-order valence-corrected chi connectivity index (χ3v) is 8.15. The molecule has 204 valence electrons. The minimum absolute atomic E-state index is 0.282. The van der Waals surface area contributed by atoms with Gasteiger partial charge in [-0.3, -0.25) is 9.69 Å². The zero-order valence-corrected chi connectivity index (χ0v) is 23.0. The lowest BCUT2D eigenvalue weighted by atomic mass is 10.00. The smallest absolute Gasteiger partial charge is 0.327 e. The van der Waals surface area contributed by atoms with Gasteiger partial charge in [-0.1, -0.05) is 36.0 Å². The van der Waals surface area contributed by atoms with Crippen LogP contribution in [0, 0.1) is 18.3 Å². The molecule has 2 aliphatic heterocycles. The van der Waals surface area contributed by atoms with Crippen molar-refractivity contribution in [2.75, 3.05) is 12.0 Å². The van der Waals surface area contributed by atoms with Crippen molar-refractivity contribution in [1.29, 1.82) is 5.26 Å². The molecule has 0 spiro atoms. The molecule has 2 aliphatic rings. The number of nitrogens with one attached hydrogen (secondary N) is 1. The SMILES string of the molecule is COC(=O)C1Sc2nccc3c2C1NC(=O)N3c1ccc(Oc2cccc(COc3ccccc3C#N)c2)cc1C. The summed E-state index contributed by atoms with van der Waals surface area (Å²) in [5.41, 5.74) is 4.37. The summed E-state index contributed by atoms with van der Waals surface area (Å²) < 4.78 is 17.0. The molecular formula is C31H24N4O5S. The first-order chi connectivity index (χ1) is 20.0. The number of aromatic nitrogens is 1. The molecule has 3 heterocycles. The molecule has 9 nitrogen and oxygen atoms in total. The zero-order chi connectivity index (χ0) is 28.5. The Morgan fingerprint density at radius 1 is 1.07 bits per heavy atom. The van der Waals surface area contributed by atoms with Crippen LogP contribution in [-0.2, 0) is 16.1 Å². The number of para-hydroxylation sites is 1. The fourth-order valence-electron chi connectivity index (χ4n) is 4.98. The minimum atomic E-state index is -0.589. The first kappa shape index (κ1) is 26.2. The van der Waals surface area contributed by atoms with Gasteiger partial charge in [0.25, 0.3) is 0 Å². The van der Waals surface area contributed by atoms with Crippen LogP contribution in [0.25, 0.3) is 0 Å². The predicted octanol–water partition coefficient (Wildman–Crippen LogP) is 6.18. The molecule has 0 aliphatic carbocycles. The van der Waals surface area contributed by atoms with E-state index in [1.807, 2.05) is 55.5 Å². The van der Waals surface area contributed by atoms with Crippen LogP contribution in [-0.4, -0.2) is 29.3 Å². The van der Waals surface area contributed by atoms with Gasteiger partial charge >= 0.3 is 12.0 Å². The largest absolute Gasteiger partial charge is 0.488 e. The summed E-state index contributed by atoms with van der Waals surface area (Å²) in [6.45, 7) is 2.19. The number of anilines is 2. The fraction of sp³-hybridized carbons (Fsp3) is 0.161. The lowest BCUT2D eigenvalue weighted by Gasteiger charge is -2.34. The number of amides is 2. The van der Waals surface area contributed by atoms with Crippen molar-refractivity contribution in [3.05, 3.63) is 101 Å². The molecule has 0 fully saturated rings. The molecule has 2 amide bonds. The number of benzene rings is 3. The third kappa shape index (κ3) is 4.92. The van der Waals surface area contributed by atoms with Gasteiger partial charge in [0.15, 0.2) is 0 Å². The van der Waals surface area contributed by atoms with Gasteiger partial charge in [0.2, 0.25) is 0 Å². The number of nitriles is 1. The number of carbonyl (C=O) groups is 2. The first-order valence-electron chi connectivity index (χ1n) is 12.8. The van der Waals surface area contributed by atoms with Crippen LogP contribution in [0.4, 0.5) is 16.2 Å². The maximum absolute atomic E-state index is 13.3. The number of thioether (sulfide) groups is 1. The highest BCUT2D eigenvalue weighted by Gasteiger charge is 2.47. The maximum atomic E-state index is 13.3. The number of ether oxygens (including phenoxy) is 3. The number of esters is 1. The number of hydrogen-bond acceptors (Lipinski definition) is 8. The Hall–Kier alpha value is -5.01. The van der Waals surface area contributed by atoms with Crippen LogP contribution in [0.15, 0.2) is 84.0 Å². The number of rotatable bonds is 7. The molecule has 1 N–H and O–H groups in total. The van der Waals surface area contributed by atoms with E-state index in [4.69, 9.17) is 14.2 Å². The quantitative estimate of drug-likeness (QED) is 0.265. The molecule has 3 aromatic carbocycles.